The van der Waals surface area contributed by atoms with Crippen molar-refractivity contribution in [2.24, 2.45) is 0 Å². The van der Waals surface area contributed by atoms with E-state index in [0.717, 1.165) is 0 Å². The number of hydrogen-bond donors (Lipinski definition) is 0. The Balaban J connectivity index is 2.24. The molecule has 19 heavy (non-hydrogen) atoms. The molecule has 0 N–H and O–H groups in total. The molecule has 0 radical (unpaired) electrons. The van der Waals surface area contributed by atoms with Crippen molar-refractivity contribution in [3.8, 4) is 0 Å². The minimum Gasteiger partial charge on any atom is -0.465 e. The summed E-state index contributed by atoms with van der Waals surface area (Å²) in [6.45, 7) is 1.63. The summed E-state index contributed by atoms with van der Waals surface area (Å²) in [5, 5.41) is 10.8. The lowest BCUT2D eigenvalue weighted by Gasteiger charge is -1.99. The van der Waals surface area contributed by atoms with Crippen molar-refractivity contribution < 1.29 is 14.1 Å². The molecule has 0 spiro atoms. The molecule has 1 heterocycles. The van der Waals surface area contributed by atoms with Crippen molar-refractivity contribution in [3.63, 3.8) is 0 Å². The summed E-state index contributed by atoms with van der Waals surface area (Å²) < 4.78 is 5.05. The minimum atomic E-state index is -0.498. The molecule has 0 amide bonds. The number of carbonyl (C=O) groups is 1. The van der Waals surface area contributed by atoms with Gasteiger partial charge in [0, 0.05) is 17.2 Å². The topological polar surface area (TPSA) is 73.3 Å². The number of hydrogen-bond acceptors (Lipinski definition) is 4. The van der Waals surface area contributed by atoms with E-state index in [0.29, 0.717) is 11.3 Å². The third kappa shape index (κ3) is 2.95. The molecular weight excluding hydrogens is 246 g/mol. The largest absolute Gasteiger partial charge is 0.465 e. The maximum absolute atomic E-state index is 11.9. The summed E-state index contributed by atoms with van der Waals surface area (Å²) in [6, 6.07) is 7.83. The second-order valence-corrected chi connectivity index (χ2v) is 3.97. The lowest BCUT2D eigenvalue weighted by Crippen LogP contribution is -1.98. The van der Waals surface area contributed by atoms with Gasteiger partial charge in [0.15, 0.2) is 5.78 Å². The number of allylic oxidation sites excluding steroid dienone is 1. The van der Waals surface area contributed by atoms with Gasteiger partial charge in [-0.05, 0) is 31.2 Å². The Hall–Kier alpha value is -2.69. The average molecular weight is 257 g/mol. The smallest absolute Gasteiger partial charge is 0.273 e. The number of nitro groups is 1. The van der Waals surface area contributed by atoms with Crippen LogP contribution in [0.15, 0.2) is 47.1 Å². The number of benzene rings is 1. The normalized spacial score (nSPS) is 10.8. The van der Waals surface area contributed by atoms with E-state index in [9.17, 15) is 14.9 Å². The van der Waals surface area contributed by atoms with E-state index in [1.165, 1.54) is 24.5 Å². The molecule has 96 valence electrons. The lowest BCUT2D eigenvalue weighted by molar-refractivity contribution is -0.385. The molecule has 5 nitrogen and oxygen atoms in total. The van der Waals surface area contributed by atoms with Crippen molar-refractivity contribution >= 4 is 17.5 Å². The highest BCUT2D eigenvalue weighted by molar-refractivity contribution is 6.07. The Morgan fingerprint density at radius 1 is 1.37 bits per heavy atom. The number of carbonyl (C=O) groups excluding carboxylic acids is 1. The molecule has 0 bridgehead atoms. The molecule has 0 aliphatic heterocycles. The van der Waals surface area contributed by atoms with Crippen LogP contribution in [0.5, 0.6) is 0 Å². The summed E-state index contributed by atoms with van der Waals surface area (Å²) in [5.41, 5.74) is 0.744. The van der Waals surface area contributed by atoms with Crippen LogP contribution in [0.25, 0.3) is 6.08 Å². The summed E-state index contributed by atoms with van der Waals surface area (Å²) in [5.74, 6) is 0.245. The Morgan fingerprint density at radius 3 is 2.79 bits per heavy atom. The predicted molar refractivity (Wildman–Crippen MR) is 69.9 cm³/mol. The van der Waals surface area contributed by atoms with E-state index in [1.54, 1.807) is 31.2 Å². The number of nitrogens with zero attached hydrogens (tertiary/aromatic N) is 1. The second kappa shape index (κ2) is 5.30. The highest BCUT2D eigenvalue weighted by atomic mass is 16.6. The van der Waals surface area contributed by atoms with Gasteiger partial charge in [0.25, 0.3) is 5.69 Å². The van der Waals surface area contributed by atoms with Gasteiger partial charge in [0.1, 0.15) is 5.76 Å². The van der Waals surface area contributed by atoms with Crippen LogP contribution >= 0.6 is 0 Å². The first kappa shape index (κ1) is 12.8. The molecule has 0 fully saturated rings. The van der Waals surface area contributed by atoms with Gasteiger partial charge < -0.3 is 4.42 Å². The van der Waals surface area contributed by atoms with Gasteiger partial charge in [-0.1, -0.05) is 12.1 Å². The third-order valence-corrected chi connectivity index (χ3v) is 2.63. The number of ketones is 1. The first-order valence-electron chi connectivity index (χ1n) is 5.59. The molecule has 1 aromatic heterocycles. The van der Waals surface area contributed by atoms with Crippen molar-refractivity contribution in [1.82, 2.24) is 0 Å². The number of nitro benzene ring substituents is 1. The monoisotopic (exact) mass is 257 g/mol. The van der Waals surface area contributed by atoms with E-state index in [2.05, 4.69) is 0 Å². The Kier molecular flexibility index (Phi) is 3.56. The fraction of sp³-hybridized carbons (Fsp3) is 0.0714. The lowest BCUT2D eigenvalue weighted by atomic mass is 10.1. The van der Waals surface area contributed by atoms with Crippen molar-refractivity contribution in [3.05, 3.63) is 69.7 Å². The fourth-order valence-corrected chi connectivity index (χ4v) is 1.60. The van der Waals surface area contributed by atoms with Gasteiger partial charge in [0.2, 0.25) is 0 Å². The van der Waals surface area contributed by atoms with Crippen LogP contribution in [0.4, 0.5) is 5.69 Å². The summed E-state index contributed by atoms with van der Waals surface area (Å²) in [4.78, 5) is 22.2. The second-order valence-electron chi connectivity index (χ2n) is 3.97. The van der Waals surface area contributed by atoms with Crippen LogP contribution < -0.4 is 0 Å². The maximum atomic E-state index is 11.9. The van der Waals surface area contributed by atoms with Crippen LogP contribution in [-0.2, 0) is 0 Å². The van der Waals surface area contributed by atoms with Crippen LogP contribution in [0.1, 0.15) is 21.7 Å². The molecule has 0 aliphatic rings. The summed E-state index contributed by atoms with van der Waals surface area (Å²) >= 11 is 0. The first-order chi connectivity index (χ1) is 9.08. The number of furan rings is 1. The van der Waals surface area contributed by atoms with E-state index < -0.39 is 4.92 Å². The molecule has 0 saturated carbocycles. The molecule has 5 heteroatoms. The molecule has 2 aromatic rings. The van der Waals surface area contributed by atoms with Gasteiger partial charge in [-0.25, -0.2) is 0 Å². The van der Waals surface area contributed by atoms with Crippen LogP contribution in [0.3, 0.4) is 0 Å². The molecule has 2 rings (SSSR count). The van der Waals surface area contributed by atoms with Gasteiger partial charge in [-0.15, -0.1) is 0 Å². The Bertz CT molecular complexity index is 641. The Labute approximate surface area is 109 Å². The fourth-order valence-electron chi connectivity index (χ4n) is 1.60. The van der Waals surface area contributed by atoms with E-state index in [4.69, 9.17) is 4.42 Å². The number of rotatable bonds is 4. The minimum absolute atomic E-state index is 0.0581. The van der Waals surface area contributed by atoms with E-state index in [-0.39, 0.29) is 17.0 Å². The average Bonchev–Trinajstić information content (AvgIpc) is 2.89. The quantitative estimate of drug-likeness (QED) is 0.364. The van der Waals surface area contributed by atoms with Gasteiger partial charge >= 0.3 is 0 Å². The third-order valence-electron chi connectivity index (χ3n) is 2.63. The summed E-state index contributed by atoms with van der Waals surface area (Å²) in [7, 11) is 0. The molecule has 0 unspecified atom stereocenters. The standard InChI is InChI=1S/C14H11NO4/c1-10-4-5-11(9-13(10)15(17)18)14(16)7-6-12-3-2-8-19-12/h2-9H,1H3/b7-6+. The Morgan fingerprint density at radius 2 is 2.16 bits per heavy atom. The van der Waals surface area contributed by atoms with Crippen molar-refractivity contribution in [1.29, 1.82) is 0 Å². The van der Waals surface area contributed by atoms with Gasteiger partial charge in [-0.2, -0.15) is 0 Å². The summed E-state index contributed by atoms with van der Waals surface area (Å²) in [6.07, 6.45) is 4.35. The van der Waals surface area contributed by atoms with Gasteiger partial charge in [-0.3, -0.25) is 14.9 Å². The van der Waals surface area contributed by atoms with Crippen LogP contribution in [0, 0.1) is 17.0 Å². The first-order valence-corrected chi connectivity index (χ1v) is 5.59. The highest BCUT2D eigenvalue weighted by Gasteiger charge is 2.13. The maximum Gasteiger partial charge on any atom is 0.273 e. The zero-order valence-electron chi connectivity index (χ0n) is 10.2. The molecule has 1 aromatic carbocycles. The zero-order chi connectivity index (χ0) is 13.8. The molecule has 0 saturated heterocycles. The molecule has 0 atom stereocenters. The molecule has 0 aliphatic carbocycles. The highest BCUT2D eigenvalue weighted by Crippen LogP contribution is 2.20. The molecular formula is C14H11NO4. The SMILES string of the molecule is Cc1ccc(C(=O)/C=C/c2ccco2)cc1[N+](=O)[O-]. The van der Waals surface area contributed by atoms with Crippen LogP contribution in [-0.4, -0.2) is 10.7 Å². The van der Waals surface area contributed by atoms with Crippen molar-refractivity contribution in [2.45, 2.75) is 6.92 Å². The van der Waals surface area contributed by atoms with Crippen LogP contribution in [0.2, 0.25) is 0 Å². The predicted octanol–water partition coefficient (Wildman–Crippen LogP) is 3.39. The zero-order valence-corrected chi connectivity index (χ0v) is 10.2. The van der Waals surface area contributed by atoms with E-state index in [1.807, 2.05) is 0 Å². The number of aryl methyl sites for hydroxylation is 1. The van der Waals surface area contributed by atoms with Crippen molar-refractivity contribution in [2.75, 3.05) is 0 Å². The van der Waals surface area contributed by atoms with E-state index >= 15 is 0 Å². The van der Waals surface area contributed by atoms with Gasteiger partial charge in [0.05, 0.1) is 11.2 Å².